The molecule has 0 atom stereocenters. The van der Waals surface area contributed by atoms with E-state index in [1.165, 1.54) is 0 Å². The van der Waals surface area contributed by atoms with E-state index in [1.54, 1.807) is 12.1 Å². The fourth-order valence-corrected chi connectivity index (χ4v) is 2.67. The molecule has 124 valence electrons. The Morgan fingerprint density at radius 1 is 1.04 bits per heavy atom. The molecule has 2 heterocycles. The van der Waals surface area contributed by atoms with E-state index in [9.17, 15) is 0 Å². The van der Waals surface area contributed by atoms with Crippen LogP contribution in [-0.2, 0) is 0 Å². The Labute approximate surface area is 149 Å². The maximum absolute atomic E-state index is 5.92. The van der Waals surface area contributed by atoms with E-state index >= 15 is 0 Å². The lowest BCUT2D eigenvalue weighted by Gasteiger charge is -2.08. The number of aromatic nitrogens is 3. The van der Waals surface area contributed by atoms with E-state index in [1.807, 2.05) is 49.4 Å². The third-order valence-corrected chi connectivity index (χ3v) is 3.98. The summed E-state index contributed by atoms with van der Waals surface area (Å²) < 4.78 is 11.1. The molecule has 0 fully saturated rings. The number of pyridine rings is 1. The zero-order valence-electron chi connectivity index (χ0n) is 13.4. The van der Waals surface area contributed by atoms with Gasteiger partial charge in [0.25, 0.3) is 5.89 Å². The molecule has 5 nitrogen and oxygen atoms in total. The van der Waals surface area contributed by atoms with Crippen LogP contribution in [0.4, 0.5) is 0 Å². The van der Waals surface area contributed by atoms with E-state index in [0.717, 1.165) is 16.5 Å². The van der Waals surface area contributed by atoms with Crippen LogP contribution in [0.1, 0.15) is 6.92 Å². The molecule has 0 radical (unpaired) electrons. The summed E-state index contributed by atoms with van der Waals surface area (Å²) in [7, 11) is 0. The van der Waals surface area contributed by atoms with Gasteiger partial charge in [-0.15, -0.1) is 0 Å². The van der Waals surface area contributed by atoms with Crippen molar-refractivity contribution in [1.82, 2.24) is 15.1 Å². The molecule has 4 aromatic rings. The Bertz CT molecular complexity index is 1030. The van der Waals surface area contributed by atoms with E-state index in [-0.39, 0.29) is 0 Å². The molecule has 0 aliphatic rings. The SMILES string of the molecule is CCOc1nc2ccccc2cc1-c1noc(-c2ccc(Cl)cc2)n1. The highest BCUT2D eigenvalue weighted by Gasteiger charge is 2.17. The monoisotopic (exact) mass is 351 g/mol. The number of hydrogen-bond donors (Lipinski definition) is 0. The number of fused-ring (bicyclic) bond motifs is 1. The van der Waals surface area contributed by atoms with Crippen molar-refractivity contribution < 1.29 is 9.26 Å². The average molecular weight is 352 g/mol. The van der Waals surface area contributed by atoms with Crippen molar-refractivity contribution in [2.24, 2.45) is 0 Å². The topological polar surface area (TPSA) is 61.0 Å². The molecular formula is C19H14ClN3O2. The summed E-state index contributed by atoms with van der Waals surface area (Å²) in [6.07, 6.45) is 0. The maximum atomic E-state index is 5.92. The Morgan fingerprint density at radius 2 is 1.84 bits per heavy atom. The van der Waals surface area contributed by atoms with Crippen LogP contribution in [0.25, 0.3) is 33.7 Å². The number of benzene rings is 2. The summed E-state index contributed by atoms with van der Waals surface area (Å²) >= 11 is 5.92. The minimum Gasteiger partial charge on any atom is -0.477 e. The Balaban J connectivity index is 1.81. The first-order valence-electron chi connectivity index (χ1n) is 7.87. The van der Waals surface area contributed by atoms with Crippen LogP contribution in [0, 0.1) is 0 Å². The predicted octanol–water partition coefficient (Wildman–Crippen LogP) is 5.00. The predicted molar refractivity (Wildman–Crippen MR) is 96.7 cm³/mol. The fourth-order valence-electron chi connectivity index (χ4n) is 2.55. The molecule has 2 aromatic carbocycles. The van der Waals surface area contributed by atoms with Crippen LogP contribution in [0.3, 0.4) is 0 Å². The van der Waals surface area contributed by atoms with Crippen molar-refractivity contribution in [3.8, 4) is 28.7 Å². The number of ether oxygens (including phenoxy) is 1. The Hall–Kier alpha value is -2.92. The number of nitrogens with zero attached hydrogens (tertiary/aromatic N) is 3. The second-order valence-electron chi connectivity index (χ2n) is 5.40. The van der Waals surface area contributed by atoms with Gasteiger partial charge in [-0.2, -0.15) is 4.98 Å². The minimum absolute atomic E-state index is 0.419. The molecule has 0 saturated heterocycles. The summed E-state index contributed by atoms with van der Waals surface area (Å²) in [5, 5.41) is 5.73. The van der Waals surface area contributed by atoms with Crippen LogP contribution in [0.15, 0.2) is 59.1 Å². The quantitative estimate of drug-likeness (QED) is 0.517. The molecule has 0 amide bonds. The smallest absolute Gasteiger partial charge is 0.258 e. The Morgan fingerprint density at radius 3 is 2.64 bits per heavy atom. The van der Waals surface area contributed by atoms with E-state index in [2.05, 4.69) is 15.1 Å². The van der Waals surface area contributed by atoms with Gasteiger partial charge in [-0.3, -0.25) is 0 Å². The molecule has 0 saturated carbocycles. The van der Waals surface area contributed by atoms with Gasteiger partial charge in [-0.25, -0.2) is 4.98 Å². The van der Waals surface area contributed by atoms with Crippen molar-refractivity contribution in [1.29, 1.82) is 0 Å². The zero-order valence-corrected chi connectivity index (χ0v) is 14.2. The number of rotatable bonds is 4. The van der Waals surface area contributed by atoms with Crippen LogP contribution < -0.4 is 4.74 Å². The van der Waals surface area contributed by atoms with Gasteiger partial charge in [0.1, 0.15) is 0 Å². The molecule has 0 aliphatic heterocycles. The lowest BCUT2D eigenvalue weighted by atomic mass is 10.1. The van der Waals surface area contributed by atoms with E-state index in [0.29, 0.717) is 34.8 Å². The van der Waals surface area contributed by atoms with Crippen LogP contribution in [-0.4, -0.2) is 21.7 Å². The van der Waals surface area contributed by atoms with Crippen LogP contribution in [0.2, 0.25) is 5.02 Å². The summed E-state index contributed by atoms with van der Waals surface area (Å²) in [6.45, 7) is 2.41. The van der Waals surface area contributed by atoms with Crippen molar-refractivity contribution in [3.63, 3.8) is 0 Å². The van der Waals surface area contributed by atoms with Crippen molar-refractivity contribution >= 4 is 22.5 Å². The molecule has 4 rings (SSSR count). The van der Waals surface area contributed by atoms with Gasteiger partial charge in [0, 0.05) is 16.0 Å². The van der Waals surface area contributed by atoms with Crippen LogP contribution in [0.5, 0.6) is 5.88 Å². The average Bonchev–Trinajstić information content (AvgIpc) is 3.12. The highest BCUT2D eigenvalue weighted by molar-refractivity contribution is 6.30. The molecule has 2 aromatic heterocycles. The summed E-state index contributed by atoms with van der Waals surface area (Å²) in [6, 6.07) is 17.0. The van der Waals surface area contributed by atoms with Crippen LogP contribution >= 0.6 is 11.6 Å². The van der Waals surface area contributed by atoms with Gasteiger partial charge in [-0.1, -0.05) is 35.0 Å². The van der Waals surface area contributed by atoms with Crippen molar-refractivity contribution in [2.75, 3.05) is 6.61 Å². The lowest BCUT2D eigenvalue weighted by Crippen LogP contribution is -1.98. The molecule has 0 N–H and O–H groups in total. The standard InChI is InChI=1S/C19H14ClN3O2/c1-2-24-19-15(11-13-5-3-4-6-16(13)21-19)17-22-18(25-23-17)12-7-9-14(20)10-8-12/h3-11H,2H2,1H3. The van der Waals surface area contributed by atoms with Gasteiger partial charge in [0.15, 0.2) is 0 Å². The lowest BCUT2D eigenvalue weighted by molar-refractivity contribution is 0.329. The largest absolute Gasteiger partial charge is 0.477 e. The number of para-hydroxylation sites is 1. The van der Waals surface area contributed by atoms with Crippen molar-refractivity contribution in [3.05, 3.63) is 59.6 Å². The fraction of sp³-hybridized carbons (Fsp3) is 0.105. The molecular weight excluding hydrogens is 338 g/mol. The summed E-state index contributed by atoms with van der Waals surface area (Å²) in [5.74, 6) is 1.35. The third-order valence-electron chi connectivity index (χ3n) is 3.73. The second-order valence-corrected chi connectivity index (χ2v) is 5.83. The summed E-state index contributed by atoms with van der Waals surface area (Å²) in [5.41, 5.74) is 2.36. The highest BCUT2D eigenvalue weighted by atomic mass is 35.5. The molecule has 25 heavy (non-hydrogen) atoms. The molecule has 0 spiro atoms. The summed E-state index contributed by atoms with van der Waals surface area (Å²) in [4.78, 5) is 9.06. The highest BCUT2D eigenvalue weighted by Crippen LogP contribution is 2.31. The van der Waals surface area contributed by atoms with Gasteiger partial charge in [-0.05, 0) is 43.3 Å². The van der Waals surface area contributed by atoms with Gasteiger partial charge < -0.3 is 9.26 Å². The van der Waals surface area contributed by atoms with E-state index < -0.39 is 0 Å². The van der Waals surface area contributed by atoms with Gasteiger partial charge >= 0.3 is 0 Å². The molecule has 0 unspecified atom stereocenters. The van der Waals surface area contributed by atoms with E-state index in [4.69, 9.17) is 20.9 Å². The molecule has 0 bridgehead atoms. The van der Waals surface area contributed by atoms with Gasteiger partial charge in [0.2, 0.25) is 11.7 Å². The molecule has 0 aliphatic carbocycles. The first-order chi connectivity index (χ1) is 12.2. The normalized spacial score (nSPS) is 11.0. The number of hydrogen-bond acceptors (Lipinski definition) is 5. The zero-order chi connectivity index (χ0) is 17.2. The second kappa shape index (κ2) is 6.53. The molecule has 6 heteroatoms. The van der Waals surface area contributed by atoms with Crippen molar-refractivity contribution in [2.45, 2.75) is 6.92 Å². The number of halogens is 1. The minimum atomic E-state index is 0.419. The maximum Gasteiger partial charge on any atom is 0.258 e. The first kappa shape index (κ1) is 15.6. The first-order valence-corrected chi connectivity index (χ1v) is 8.25. The Kier molecular flexibility index (Phi) is 4.07. The third kappa shape index (κ3) is 3.06. The van der Waals surface area contributed by atoms with Gasteiger partial charge in [0.05, 0.1) is 17.7 Å².